The van der Waals surface area contributed by atoms with E-state index in [0.717, 1.165) is 16.5 Å². The van der Waals surface area contributed by atoms with Crippen molar-refractivity contribution in [3.63, 3.8) is 0 Å². The van der Waals surface area contributed by atoms with E-state index in [-0.39, 0.29) is 5.78 Å². The maximum atomic E-state index is 12.6. The van der Waals surface area contributed by atoms with Crippen LogP contribution in [0, 0.1) is 0 Å². The zero-order valence-electron chi connectivity index (χ0n) is 15.9. The number of nitrogens with zero attached hydrogens (tertiary/aromatic N) is 1. The summed E-state index contributed by atoms with van der Waals surface area (Å²) in [6.07, 6.45) is -0.760. The fourth-order valence-electron chi connectivity index (χ4n) is 3.41. The van der Waals surface area contributed by atoms with Crippen molar-refractivity contribution in [1.82, 2.24) is 9.88 Å². The molecule has 0 aliphatic heterocycles. The van der Waals surface area contributed by atoms with E-state index in [0.29, 0.717) is 29.1 Å². The largest absolute Gasteiger partial charge is 0.398 e. The van der Waals surface area contributed by atoms with Gasteiger partial charge in [-0.15, -0.1) is 0 Å². The Morgan fingerprint density at radius 3 is 2.37 bits per heavy atom. The summed E-state index contributed by atoms with van der Waals surface area (Å²) in [6, 6.07) is 17.1. The van der Waals surface area contributed by atoms with Gasteiger partial charge >= 0.3 is 0 Å². The van der Waals surface area contributed by atoms with Crippen LogP contribution in [0.2, 0.25) is 0 Å². The van der Waals surface area contributed by atoms with Gasteiger partial charge in [0.1, 0.15) is 0 Å². The molecule has 0 aliphatic carbocycles. The molecule has 27 heavy (non-hydrogen) atoms. The monoisotopic (exact) mass is 363 g/mol. The molecule has 5 heteroatoms. The van der Waals surface area contributed by atoms with E-state index in [9.17, 15) is 9.90 Å². The molecule has 5 nitrogen and oxygen atoms in total. The summed E-state index contributed by atoms with van der Waals surface area (Å²) in [6.45, 7) is 1.93. The summed E-state index contributed by atoms with van der Waals surface area (Å²) in [5, 5.41) is 11.8. The first-order valence-corrected chi connectivity index (χ1v) is 8.90. The fraction of sp³-hybridized carbons (Fsp3) is 0.227. The quantitative estimate of drug-likeness (QED) is 0.588. The molecule has 0 saturated heterocycles. The second-order valence-corrected chi connectivity index (χ2v) is 6.95. The van der Waals surface area contributed by atoms with Crippen molar-refractivity contribution in [2.45, 2.75) is 13.0 Å². The number of para-hydroxylation sites is 1. The summed E-state index contributed by atoms with van der Waals surface area (Å²) >= 11 is 0. The molecule has 0 radical (unpaired) electrons. The Hall–Kier alpha value is -2.89. The highest BCUT2D eigenvalue weighted by Gasteiger charge is 2.25. The van der Waals surface area contributed by atoms with Crippen molar-refractivity contribution >= 4 is 28.0 Å². The molecule has 0 fully saturated rings. The lowest BCUT2D eigenvalue weighted by atomic mass is 9.95. The van der Waals surface area contributed by atoms with Crippen LogP contribution in [0.15, 0.2) is 54.6 Å². The first-order valence-electron chi connectivity index (χ1n) is 8.90. The van der Waals surface area contributed by atoms with Gasteiger partial charge in [-0.25, -0.2) is 0 Å². The second-order valence-electron chi connectivity index (χ2n) is 6.95. The molecular formula is C22H25N3O2. The van der Waals surface area contributed by atoms with Crippen molar-refractivity contribution < 1.29 is 9.90 Å². The predicted molar refractivity (Wildman–Crippen MR) is 110 cm³/mol. The van der Waals surface area contributed by atoms with Crippen LogP contribution < -0.4 is 5.73 Å². The lowest BCUT2D eigenvalue weighted by molar-refractivity contribution is -0.111. The number of carbonyl (C=O) groups is 1. The molecule has 0 bridgehead atoms. The number of benzene rings is 2. The lowest BCUT2D eigenvalue weighted by Gasteiger charge is -2.18. The molecule has 1 atom stereocenters. The van der Waals surface area contributed by atoms with Gasteiger partial charge in [0, 0.05) is 23.0 Å². The average molecular weight is 363 g/mol. The SMILES string of the molecule is CC(=O)/C(=C(/N)c1ccccc1)c1[nH]c2ccccc2c1C(O)CN(C)C. The number of aliphatic hydroxyl groups excluding tert-OH is 1. The summed E-state index contributed by atoms with van der Waals surface area (Å²) in [7, 11) is 3.80. The number of hydrogen-bond acceptors (Lipinski definition) is 4. The molecular weight excluding hydrogens is 338 g/mol. The first kappa shape index (κ1) is 18.9. The van der Waals surface area contributed by atoms with Crippen molar-refractivity contribution in [3.05, 3.63) is 71.4 Å². The van der Waals surface area contributed by atoms with Crippen molar-refractivity contribution in [2.24, 2.45) is 5.73 Å². The van der Waals surface area contributed by atoms with E-state index in [1.54, 1.807) is 0 Å². The van der Waals surface area contributed by atoms with Crippen LogP contribution in [0.5, 0.6) is 0 Å². The van der Waals surface area contributed by atoms with Gasteiger partial charge in [-0.2, -0.15) is 0 Å². The molecule has 0 amide bonds. The number of nitrogens with one attached hydrogen (secondary N) is 1. The molecule has 140 valence electrons. The number of carbonyl (C=O) groups excluding carboxylic acids is 1. The number of Topliss-reactive ketones (excluding diaryl/α,β-unsaturated/α-hetero) is 1. The number of aliphatic hydroxyl groups is 1. The third-order valence-corrected chi connectivity index (χ3v) is 4.57. The van der Waals surface area contributed by atoms with Gasteiger partial charge in [-0.1, -0.05) is 48.5 Å². The minimum atomic E-state index is -0.760. The van der Waals surface area contributed by atoms with Gasteiger partial charge in [0.05, 0.1) is 23.1 Å². The van der Waals surface area contributed by atoms with E-state index >= 15 is 0 Å². The van der Waals surface area contributed by atoms with Crippen LogP contribution in [-0.2, 0) is 4.79 Å². The van der Waals surface area contributed by atoms with Gasteiger partial charge in [0.15, 0.2) is 5.78 Å². The molecule has 1 unspecified atom stereocenters. The van der Waals surface area contributed by atoms with Crippen molar-refractivity contribution in [2.75, 3.05) is 20.6 Å². The number of rotatable bonds is 6. The zero-order chi connectivity index (χ0) is 19.6. The van der Waals surface area contributed by atoms with E-state index < -0.39 is 6.10 Å². The predicted octanol–water partition coefficient (Wildman–Crippen LogP) is 3.18. The number of ketones is 1. The number of likely N-dealkylation sites (N-methyl/N-ethyl adjacent to an activating group) is 1. The summed E-state index contributed by atoms with van der Waals surface area (Å²) in [5.74, 6) is -0.152. The first-order chi connectivity index (χ1) is 12.9. The minimum absolute atomic E-state index is 0.152. The molecule has 2 aromatic carbocycles. The highest BCUT2D eigenvalue weighted by molar-refractivity contribution is 6.27. The molecule has 1 heterocycles. The standard InChI is InChI=1S/C22H25N3O2/c1-14(26)19(21(23)15-9-5-4-6-10-15)22-20(18(27)13-25(2)3)16-11-7-8-12-17(16)24-22/h4-12,18,24,27H,13,23H2,1-3H3/b21-19-. The molecule has 0 aliphatic rings. The van der Waals surface area contributed by atoms with Crippen LogP contribution in [0.1, 0.15) is 29.8 Å². The Balaban J connectivity index is 2.29. The number of fused-ring (bicyclic) bond motifs is 1. The summed E-state index contributed by atoms with van der Waals surface area (Å²) in [4.78, 5) is 17.8. The second kappa shape index (κ2) is 7.78. The smallest absolute Gasteiger partial charge is 0.164 e. The minimum Gasteiger partial charge on any atom is -0.398 e. The van der Waals surface area contributed by atoms with E-state index in [1.165, 1.54) is 6.92 Å². The molecule has 3 rings (SSSR count). The molecule has 4 N–H and O–H groups in total. The third-order valence-electron chi connectivity index (χ3n) is 4.57. The van der Waals surface area contributed by atoms with Crippen LogP contribution in [0.25, 0.3) is 22.2 Å². The Morgan fingerprint density at radius 1 is 1.11 bits per heavy atom. The average Bonchev–Trinajstić information content (AvgIpc) is 3.00. The number of hydrogen-bond donors (Lipinski definition) is 3. The third kappa shape index (κ3) is 3.79. The normalized spacial score (nSPS) is 13.7. The zero-order valence-corrected chi connectivity index (χ0v) is 15.9. The highest BCUT2D eigenvalue weighted by atomic mass is 16.3. The summed E-state index contributed by atoms with van der Waals surface area (Å²) in [5.41, 5.74) is 10.1. The number of nitrogens with two attached hydrogens (primary N) is 1. The van der Waals surface area contributed by atoms with E-state index in [1.807, 2.05) is 73.6 Å². The molecule has 0 saturated carbocycles. The number of allylic oxidation sites excluding steroid dienone is 1. The molecule has 1 aromatic heterocycles. The van der Waals surface area contributed by atoms with Gasteiger partial charge in [-0.3, -0.25) is 4.79 Å². The fourth-order valence-corrected chi connectivity index (χ4v) is 3.41. The van der Waals surface area contributed by atoms with Gasteiger partial charge < -0.3 is 20.7 Å². The Morgan fingerprint density at radius 2 is 1.74 bits per heavy atom. The Bertz CT molecular complexity index is 987. The van der Waals surface area contributed by atoms with Crippen molar-refractivity contribution in [3.8, 4) is 0 Å². The van der Waals surface area contributed by atoms with Crippen molar-refractivity contribution in [1.29, 1.82) is 0 Å². The van der Waals surface area contributed by atoms with Crippen LogP contribution in [0.3, 0.4) is 0 Å². The van der Waals surface area contributed by atoms with Crippen LogP contribution >= 0.6 is 0 Å². The van der Waals surface area contributed by atoms with E-state index in [4.69, 9.17) is 5.73 Å². The number of aromatic amines is 1. The maximum Gasteiger partial charge on any atom is 0.164 e. The number of H-pyrrole nitrogens is 1. The molecule has 0 spiro atoms. The molecule has 3 aromatic rings. The number of aromatic nitrogens is 1. The van der Waals surface area contributed by atoms with Gasteiger partial charge in [0.25, 0.3) is 0 Å². The maximum absolute atomic E-state index is 12.6. The highest BCUT2D eigenvalue weighted by Crippen LogP contribution is 2.35. The topological polar surface area (TPSA) is 82.3 Å². The Labute approximate surface area is 159 Å². The van der Waals surface area contributed by atoms with Crippen LogP contribution in [-0.4, -0.2) is 41.4 Å². The van der Waals surface area contributed by atoms with Crippen LogP contribution in [0.4, 0.5) is 0 Å². The Kier molecular flexibility index (Phi) is 5.44. The van der Waals surface area contributed by atoms with E-state index in [2.05, 4.69) is 4.98 Å². The lowest BCUT2D eigenvalue weighted by Crippen LogP contribution is -2.21. The van der Waals surface area contributed by atoms with Gasteiger partial charge in [0.2, 0.25) is 0 Å². The van der Waals surface area contributed by atoms with Gasteiger partial charge in [-0.05, 0) is 32.6 Å². The summed E-state index contributed by atoms with van der Waals surface area (Å²) < 4.78 is 0.